The van der Waals surface area contributed by atoms with Crippen molar-refractivity contribution in [3.8, 4) is 0 Å². The summed E-state index contributed by atoms with van der Waals surface area (Å²) in [6, 6.07) is 2.48. The van der Waals surface area contributed by atoms with Crippen molar-refractivity contribution in [2.24, 2.45) is 0 Å². The van der Waals surface area contributed by atoms with Crippen molar-refractivity contribution < 1.29 is 23.2 Å². The Bertz CT molecular complexity index is 374. The fourth-order valence-electron chi connectivity index (χ4n) is 1.59. The Morgan fingerprint density at radius 1 is 1.13 bits per heavy atom. The van der Waals surface area contributed by atoms with E-state index in [9.17, 15) is 13.2 Å². The van der Waals surface area contributed by atoms with Gasteiger partial charge in [-0.3, -0.25) is 0 Å². The zero-order valence-corrected chi connectivity index (χ0v) is 8.26. The lowest BCUT2D eigenvalue weighted by Crippen LogP contribution is -2.37. The van der Waals surface area contributed by atoms with Gasteiger partial charge < -0.3 is 10.0 Å². The second kappa shape index (κ2) is 3.86. The van der Waals surface area contributed by atoms with Crippen molar-refractivity contribution in [3.63, 3.8) is 0 Å². The second-order valence-electron chi connectivity index (χ2n) is 3.42. The lowest BCUT2D eigenvalue weighted by atomic mass is 9.74. The quantitative estimate of drug-likeness (QED) is 0.690. The molecule has 2 nitrogen and oxygen atoms in total. The SMILES string of the molecule is Cc1cc(C)c(C(F)(F)F)c(B(O)O)c1. The maximum atomic E-state index is 12.6. The molecule has 0 aliphatic heterocycles. The van der Waals surface area contributed by atoms with Crippen LogP contribution in [-0.4, -0.2) is 17.2 Å². The molecule has 0 bridgehead atoms. The van der Waals surface area contributed by atoms with Gasteiger partial charge in [-0.2, -0.15) is 13.2 Å². The molecule has 82 valence electrons. The maximum absolute atomic E-state index is 12.6. The van der Waals surface area contributed by atoms with Crippen LogP contribution in [0.2, 0.25) is 0 Å². The Kier molecular flexibility index (Phi) is 3.11. The molecule has 1 aromatic carbocycles. The van der Waals surface area contributed by atoms with Gasteiger partial charge in [0.15, 0.2) is 0 Å². The van der Waals surface area contributed by atoms with Gasteiger partial charge in [0.25, 0.3) is 0 Å². The number of benzene rings is 1. The minimum Gasteiger partial charge on any atom is -0.423 e. The van der Waals surface area contributed by atoms with Crippen molar-refractivity contribution in [2.75, 3.05) is 0 Å². The number of aryl methyl sites for hydroxylation is 2. The molecule has 0 aliphatic carbocycles. The van der Waals surface area contributed by atoms with Crippen LogP contribution in [0.5, 0.6) is 0 Å². The topological polar surface area (TPSA) is 40.5 Å². The predicted molar refractivity (Wildman–Crippen MR) is 50.7 cm³/mol. The summed E-state index contributed by atoms with van der Waals surface area (Å²) in [5.41, 5.74) is -0.919. The van der Waals surface area contributed by atoms with E-state index in [1.807, 2.05) is 0 Å². The minimum atomic E-state index is -4.57. The van der Waals surface area contributed by atoms with Gasteiger partial charge in [0.1, 0.15) is 0 Å². The summed E-state index contributed by atoms with van der Waals surface area (Å²) in [6.07, 6.45) is -4.57. The minimum absolute atomic E-state index is 0.00870. The van der Waals surface area contributed by atoms with E-state index in [1.54, 1.807) is 6.92 Å². The third kappa shape index (κ3) is 2.51. The van der Waals surface area contributed by atoms with Gasteiger partial charge in [0.2, 0.25) is 0 Å². The standard InChI is InChI=1S/C9H10BF3O2/c1-5-3-6(2)8(9(11,12)13)7(4-5)10(14)15/h3-4,14-15H,1-2H3. The zero-order chi connectivity index (χ0) is 11.8. The molecule has 0 atom stereocenters. The van der Waals surface area contributed by atoms with Crippen LogP contribution in [0.15, 0.2) is 12.1 Å². The molecule has 15 heavy (non-hydrogen) atoms. The first-order chi connectivity index (χ1) is 6.73. The summed E-state index contributed by atoms with van der Waals surface area (Å²) in [4.78, 5) is 0. The molecule has 0 aromatic heterocycles. The zero-order valence-electron chi connectivity index (χ0n) is 8.26. The first-order valence-electron chi connectivity index (χ1n) is 4.28. The van der Waals surface area contributed by atoms with Gasteiger partial charge in [-0.05, 0) is 24.9 Å². The van der Waals surface area contributed by atoms with Crippen LogP contribution in [0.4, 0.5) is 13.2 Å². The number of hydrogen-bond donors (Lipinski definition) is 2. The highest BCUT2D eigenvalue weighted by Gasteiger charge is 2.37. The molecule has 0 aliphatic rings. The molecule has 1 aromatic rings. The molecule has 1 rings (SSSR count). The molecule has 0 fully saturated rings. The lowest BCUT2D eigenvalue weighted by molar-refractivity contribution is -0.137. The van der Waals surface area contributed by atoms with Gasteiger partial charge in [-0.15, -0.1) is 0 Å². The first-order valence-corrected chi connectivity index (χ1v) is 4.28. The Morgan fingerprint density at radius 3 is 2.07 bits per heavy atom. The Labute approximate surface area is 85.5 Å². The average Bonchev–Trinajstić information content (AvgIpc) is 1.99. The predicted octanol–water partition coefficient (Wildman–Crippen LogP) is 1.00. The summed E-state index contributed by atoms with van der Waals surface area (Å²) < 4.78 is 37.7. The molecule has 0 saturated carbocycles. The van der Waals surface area contributed by atoms with E-state index in [4.69, 9.17) is 10.0 Å². The molecule has 2 N–H and O–H groups in total. The highest BCUT2D eigenvalue weighted by atomic mass is 19.4. The molecule has 0 spiro atoms. The largest absolute Gasteiger partial charge is 0.489 e. The number of alkyl halides is 3. The van der Waals surface area contributed by atoms with E-state index in [0.717, 1.165) is 6.07 Å². The summed E-state index contributed by atoms with van der Waals surface area (Å²) in [5, 5.41) is 17.7. The monoisotopic (exact) mass is 218 g/mol. The fraction of sp³-hybridized carbons (Fsp3) is 0.333. The molecular weight excluding hydrogens is 208 g/mol. The van der Waals surface area contributed by atoms with E-state index in [-0.39, 0.29) is 5.56 Å². The van der Waals surface area contributed by atoms with E-state index >= 15 is 0 Å². The van der Waals surface area contributed by atoms with Crippen LogP contribution in [0.1, 0.15) is 16.7 Å². The maximum Gasteiger partial charge on any atom is 0.489 e. The normalized spacial score (nSPS) is 11.7. The lowest BCUT2D eigenvalue weighted by Gasteiger charge is -2.16. The third-order valence-electron chi connectivity index (χ3n) is 2.07. The summed E-state index contributed by atoms with van der Waals surface area (Å²) >= 11 is 0. The van der Waals surface area contributed by atoms with Crippen LogP contribution < -0.4 is 5.46 Å². The number of halogens is 3. The van der Waals surface area contributed by atoms with E-state index in [2.05, 4.69) is 0 Å². The van der Waals surface area contributed by atoms with Crippen LogP contribution in [-0.2, 0) is 6.18 Å². The molecule has 0 radical (unpaired) electrons. The Hall–Kier alpha value is -1.01. The van der Waals surface area contributed by atoms with Crippen LogP contribution in [0, 0.1) is 13.8 Å². The summed E-state index contributed by atoms with van der Waals surface area (Å²) in [7, 11) is -2.11. The van der Waals surface area contributed by atoms with Crippen LogP contribution >= 0.6 is 0 Å². The average molecular weight is 218 g/mol. The highest BCUT2D eigenvalue weighted by molar-refractivity contribution is 6.59. The highest BCUT2D eigenvalue weighted by Crippen LogP contribution is 2.31. The van der Waals surface area contributed by atoms with Crippen LogP contribution in [0.3, 0.4) is 0 Å². The van der Waals surface area contributed by atoms with Crippen molar-refractivity contribution in [1.29, 1.82) is 0 Å². The summed E-state index contributed by atoms with van der Waals surface area (Å²) in [6.45, 7) is 2.89. The molecule has 0 heterocycles. The number of rotatable bonds is 1. The van der Waals surface area contributed by atoms with E-state index in [1.165, 1.54) is 13.0 Å². The third-order valence-corrected chi connectivity index (χ3v) is 2.07. The van der Waals surface area contributed by atoms with Gasteiger partial charge in [0, 0.05) is 0 Å². The molecule has 0 saturated heterocycles. The van der Waals surface area contributed by atoms with Crippen molar-refractivity contribution in [2.45, 2.75) is 20.0 Å². The molecular formula is C9H10BF3O2. The smallest absolute Gasteiger partial charge is 0.423 e. The van der Waals surface area contributed by atoms with E-state index in [0.29, 0.717) is 5.56 Å². The van der Waals surface area contributed by atoms with Gasteiger partial charge in [0.05, 0.1) is 5.56 Å². The van der Waals surface area contributed by atoms with Gasteiger partial charge in [-0.1, -0.05) is 17.7 Å². The molecule has 6 heteroatoms. The van der Waals surface area contributed by atoms with E-state index < -0.39 is 24.3 Å². The van der Waals surface area contributed by atoms with Crippen molar-refractivity contribution in [3.05, 3.63) is 28.8 Å². The first kappa shape index (κ1) is 12.1. The Balaban J connectivity index is 3.48. The van der Waals surface area contributed by atoms with Gasteiger partial charge >= 0.3 is 13.3 Å². The fourth-order valence-corrected chi connectivity index (χ4v) is 1.59. The summed E-state index contributed by atoms with van der Waals surface area (Å²) in [5.74, 6) is 0. The second-order valence-corrected chi connectivity index (χ2v) is 3.42. The molecule has 0 unspecified atom stereocenters. The van der Waals surface area contributed by atoms with Crippen molar-refractivity contribution in [1.82, 2.24) is 0 Å². The van der Waals surface area contributed by atoms with Crippen molar-refractivity contribution >= 4 is 12.6 Å². The van der Waals surface area contributed by atoms with Crippen LogP contribution in [0.25, 0.3) is 0 Å². The Morgan fingerprint density at radius 2 is 1.67 bits per heavy atom. The van der Waals surface area contributed by atoms with Gasteiger partial charge in [-0.25, -0.2) is 0 Å². The number of hydrogen-bond acceptors (Lipinski definition) is 2. The molecule has 0 amide bonds.